The Balaban J connectivity index is 1.41. The van der Waals surface area contributed by atoms with Gasteiger partial charge in [0.2, 0.25) is 5.91 Å². The smallest absolute Gasteiger partial charge is 0.287 e. The minimum Gasteiger partial charge on any atom is -0.451 e. The Bertz CT molecular complexity index is 843. The zero-order chi connectivity index (χ0) is 19.0. The molecule has 1 aromatic heterocycles. The number of rotatable bonds is 4. The van der Waals surface area contributed by atoms with Crippen LogP contribution >= 0.6 is 0 Å². The molecule has 0 saturated carbocycles. The number of anilines is 1. The predicted octanol–water partition coefficient (Wildman–Crippen LogP) is 3.12. The fourth-order valence-electron chi connectivity index (χ4n) is 4.23. The van der Waals surface area contributed by atoms with Crippen molar-refractivity contribution in [3.05, 3.63) is 42.2 Å². The van der Waals surface area contributed by atoms with Crippen molar-refractivity contribution in [3.8, 4) is 11.3 Å². The minimum absolute atomic E-state index is 0.109. The van der Waals surface area contributed by atoms with E-state index < -0.39 is 0 Å². The van der Waals surface area contributed by atoms with Crippen LogP contribution in [0.1, 0.15) is 37.2 Å². The molecule has 2 N–H and O–H groups in total. The zero-order valence-corrected chi connectivity index (χ0v) is 15.7. The monoisotopic (exact) mass is 367 g/mol. The molecule has 4 atom stereocenters. The number of benzene rings is 1. The van der Waals surface area contributed by atoms with Crippen LogP contribution in [0.3, 0.4) is 0 Å². The lowest BCUT2D eigenvalue weighted by Crippen LogP contribution is -2.60. The van der Waals surface area contributed by atoms with E-state index in [1.54, 1.807) is 12.1 Å². The number of hydrogen-bond donors (Lipinski definition) is 2. The Labute approximate surface area is 158 Å². The highest BCUT2D eigenvalue weighted by Crippen LogP contribution is 2.32. The number of carbonyl (C=O) groups is 2. The summed E-state index contributed by atoms with van der Waals surface area (Å²) in [7, 11) is 0. The highest BCUT2D eigenvalue weighted by atomic mass is 16.3. The Hall–Kier alpha value is -2.60. The molecule has 3 unspecified atom stereocenters. The largest absolute Gasteiger partial charge is 0.451 e. The molecule has 3 fully saturated rings. The summed E-state index contributed by atoms with van der Waals surface area (Å²) in [4.78, 5) is 26.2. The van der Waals surface area contributed by atoms with Crippen LogP contribution in [0, 0.1) is 5.92 Å². The van der Waals surface area contributed by atoms with Crippen LogP contribution in [0.4, 0.5) is 5.69 Å². The zero-order valence-electron chi connectivity index (χ0n) is 15.7. The molecule has 2 bridgehead atoms. The molecule has 0 spiro atoms. The first-order valence-electron chi connectivity index (χ1n) is 9.52. The van der Waals surface area contributed by atoms with E-state index in [0.717, 1.165) is 37.2 Å². The summed E-state index contributed by atoms with van der Waals surface area (Å²) in [5, 5.41) is 5.89. The van der Waals surface area contributed by atoms with Gasteiger partial charge in [-0.1, -0.05) is 0 Å². The quantitative estimate of drug-likeness (QED) is 0.871. The van der Waals surface area contributed by atoms with Crippen LogP contribution in [-0.4, -0.2) is 41.9 Å². The van der Waals surface area contributed by atoms with E-state index in [1.165, 1.54) is 6.92 Å². The predicted molar refractivity (Wildman–Crippen MR) is 103 cm³/mol. The maximum Gasteiger partial charge on any atom is 0.287 e. The Morgan fingerprint density at radius 3 is 2.56 bits per heavy atom. The van der Waals surface area contributed by atoms with E-state index >= 15 is 0 Å². The Kier molecular flexibility index (Phi) is 4.74. The molecule has 5 rings (SSSR count). The first kappa shape index (κ1) is 17.8. The van der Waals surface area contributed by atoms with Gasteiger partial charge in [-0.2, -0.15) is 0 Å². The van der Waals surface area contributed by atoms with Gasteiger partial charge < -0.3 is 15.1 Å². The third-order valence-electron chi connectivity index (χ3n) is 5.69. The third kappa shape index (κ3) is 3.76. The number of nitrogens with zero attached hydrogens (tertiary/aromatic N) is 1. The van der Waals surface area contributed by atoms with Crippen LogP contribution < -0.4 is 10.6 Å². The summed E-state index contributed by atoms with van der Waals surface area (Å²) >= 11 is 0. The van der Waals surface area contributed by atoms with Crippen molar-refractivity contribution in [2.75, 3.05) is 18.4 Å². The van der Waals surface area contributed by atoms with Crippen molar-refractivity contribution in [2.45, 2.75) is 38.8 Å². The number of amides is 2. The number of furan rings is 1. The molecule has 3 saturated heterocycles. The van der Waals surface area contributed by atoms with Gasteiger partial charge in [-0.05, 0) is 68.6 Å². The van der Waals surface area contributed by atoms with E-state index in [9.17, 15) is 9.59 Å². The maximum absolute atomic E-state index is 12.6. The van der Waals surface area contributed by atoms with Crippen LogP contribution in [0.25, 0.3) is 11.3 Å². The number of piperidine rings is 3. The van der Waals surface area contributed by atoms with Crippen LogP contribution in [0.5, 0.6) is 0 Å². The van der Waals surface area contributed by atoms with Crippen molar-refractivity contribution in [1.29, 1.82) is 0 Å². The van der Waals surface area contributed by atoms with Crippen molar-refractivity contribution in [3.63, 3.8) is 0 Å². The molecule has 2 aromatic rings. The van der Waals surface area contributed by atoms with E-state index in [-0.39, 0.29) is 17.9 Å². The number of fused-ring (bicyclic) bond motifs is 3. The summed E-state index contributed by atoms with van der Waals surface area (Å²) in [5.41, 5.74) is 1.59. The fourth-order valence-corrected chi connectivity index (χ4v) is 4.23. The molecule has 0 aliphatic carbocycles. The molecule has 27 heavy (non-hydrogen) atoms. The summed E-state index contributed by atoms with van der Waals surface area (Å²) in [6.07, 6.45) is 2.30. The van der Waals surface area contributed by atoms with Crippen LogP contribution in [0.15, 0.2) is 40.8 Å². The maximum atomic E-state index is 12.6. The van der Waals surface area contributed by atoms with E-state index in [2.05, 4.69) is 22.5 Å². The molecule has 6 heteroatoms. The number of nitrogens with one attached hydrogen (secondary N) is 2. The molecule has 3 aliphatic heterocycles. The second-order valence-corrected chi connectivity index (χ2v) is 7.63. The first-order chi connectivity index (χ1) is 13.0. The van der Waals surface area contributed by atoms with Gasteiger partial charge in [0.15, 0.2) is 5.76 Å². The fraction of sp³-hybridized carbons (Fsp3) is 0.429. The molecular formula is C21H25N3O3. The number of hydrogen-bond acceptors (Lipinski definition) is 4. The van der Waals surface area contributed by atoms with Crippen LogP contribution in [0.2, 0.25) is 0 Å². The van der Waals surface area contributed by atoms with Crippen molar-refractivity contribution < 1.29 is 14.0 Å². The third-order valence-corrected chi connectivity index (χ3v) is 5.69. The average Bonchev–Trinajstić information content (AvgIpc) is 3.13. The highest BCUT2D eigenvalue weighted by Gasteiger charge is 2.39. The van der Waals surface area contributed by atoms with Crippen molar-refractivity contribution >= 4 is 17.5 Å². The van der Waals surface area contributed by atoms with Gasteiger partial charge in [0.05, 0.1) is 0 Å². The summed E-state index contributed by atoms with van der Waals surface area (Å²) in [6.45, 7) is 5.80. The molecule has 6 nitrogen and oxygen atoms in total. The Morgan fingerprint density at radius 2 is 1.93 bits per heavy atom. The van der Waals surface area contributed by atoms with Gasteiger partial charge in [0.1, 0.15) is 5.76 Å². The number of carbonyl (C=O) groups excluding carboxylic acids is 2. The van der Waals surface area contributed by atoms with Gasteiger partial charge in [-0.25, -0.2) is 0 Å². The lowest BCUT2D eigenvalue weighted by molar-refractivity contribution is -0.114. The molecule has 1 aromatic carbocycles. The van der Waals surface area contributed by atoms with Gasteiger partial charge in [0, 0.05) is 36.8 Å². The van der Waals surface area contributed by atoms with Gasteiger partial charge in [0.25, 0.3) is 5.91 Å². The van der Waals surface area contributed by atoms with Gasteiger partial charge in [-0.3, -0.25) is 14.5 Å². The summed E-state index contributed by atoms with van der Waals surface area (Å²) in [6, 6.07) is 11.7. The second kappa shape index (κ2) is 7.19. The van der Waals surface area contributed by atoms with Crippen LogP contribution in [-0.2, 0) is 4.79 Å². The standard InChI is InChI=1S/C21H25N3O3/c1-13-11-16-9-10-24(13)12-18(16)23-21(26)20-8-7-19(27-20)15-3-5-17(6-4-15)22-14(2)25/h3-8,13,16,18H,9-12H2,1-2H3,(H,22,25)(H,23,26)/t13?,16?,18-/m0/s1. The van der Waals surface area contributed by atoms with E-state index in [4.69, 9.17) is 4.42 Å². The summed E-state index contributed by atoms with van der Waals surface area (Å²) in [5.74, 6) is 1.27. The molecule has 4 heterocycles. The second-order valence-electron chi connectivity index (χ2n) is 7.63. The average molecular weight is 367 g/mol. The normalized spacial score (nSPS) is 26.6. The lowest BCUT2D eigenvalue weighted by atomic mass is 9.80. The molecular weight excluding hydrogens is 342 g/mol. The van der Waals surface area contributed by atoms with Gasteiger partial charge >= 0.3 is 0 Å². The first-order valence-corrected chi connectivity index (χ1v) is 9.52. The Morgan fingerprint density at radius 1 is 1.15 bits per heavy atom. The topological polar surface area (TPSA) is 74.6 Å². The molecule has 2 amide bonds. The lowest BCUT2D eigenvalue weighted by Gasteiger charge is -2.48. The molecule has 3 aliphatic rings. The van der Waals surface area contributed by atoms with Gasteiger partial charge in [-0.15, -0.1) is 0 Å². The van der Waals surface area contributed by atoms with Crippen molar-refractivity contribution in [2.24, 2.45) is 5.92 Å². The summed E-state index contributed by atoms with van der Waals surface area (Å²) < 4.78 is 5.78. The SMILES string of the molecule is CC(=O)Nc1ccc(-c2ccc(C(=O)N[C@H]3CN4CCC3CC4C)o2)cc1. The van der Waals surface area contributed by atoms with E-state index in [0.29, 0.717) is 23.5 Å². The minimum atomic E-state index is -0.150. The molecule has 0 radical (unpaired) electrons. The highest BCUT2D eigenvalue weighted by molar-refractivity contribution is 5.92. The van der Waals surface area contributed by atoms with E-state index in [1.807, 2.05) is 24.3 Å². The molecule has 142 valence electrons. The van der Waals surface area contributed by atoms with Crippen molar-refractivity contribution in [1.82, 2.24) is 10.2 Å².